The first-order chi connectivity index (χ1) is 21.0. The second-order valence-corrected chi connectivity index (χ2v) is 10.2. The molecule has 6 aromatic rings. The fourth-order valence-electron chi connectivity index (χ4n) is 5.28. The summed E-state index contributed by atoms with van der Waals surface area (Å²) in [6.45, 7) is 0.763. The van der Waals surface area contributed by atoms with E-state index in [0.717, 1.165) is 46.8 Å². The number of aromatic amines is 1. The highest BCUT2D eigenvalue weighted by molar-refractivity contribution is 6.13. The molecule has 0 atom stereocenters. The molecule has 214 valence electrons. The van der Waals surface area contributed by atoms with Gasteiger partial charge in [-0.2, -0.15) is 0 Å². The molecular weight excluding hydrogens is 538 g/mol. The molecule has 3 N–H and O–H groups in total. The van der Waals surface area contributed by atoms with Gasteiger partial charge in [-0.25, -0.2) is 0 Å². The Morgan fingerprint density at radius 1 is 0.721 bits per heavy atom. The molecule has 43 heavy (non-hydrogen) atoms. The summed E-state index contributed by atoms with van der Waals surface area (Å²) in [5, 5.41) is 7.56. The zero-order valence-corrected chi connectivity index (χ0v) is 23.9. The number of carbonyl (C=O) groups excluding carboxylic acids is 1. The lowest BCUT2D eigenvalue weighted by atomic mass is 10.0. The van der Waals surface area contributed by atoms with Gasteiger partial charge in [0, 0.05) is 34.2 Å². The Morgan fingerprint density at radius 2 is 1.49 bits per heavy atom. The molecule has 0 aliphatic heterocycles. The van der Waals surface area contributed by atoms with Gasteiger partial charge in [0.25, 0.3) is 5.91 Å². The Labute approximate surface area is 249 Å². The number of ether oxygens (including phenoxy) is 2. The minimum atomic E-state index is -0.287. The molecule has 0 fully saturated rings. The van der Waals surface area contributed by atoms with Crippen molar-refractivity contribution in [3.8, 4) is 22.6 Å². The Morgan fingerprint density at radius 3 is 2.30 bits per heavy atom. The van der Waals surface area contributed by atoms with E-state index in [1.54, 1.807) is 38.5 Å². The summed E-state index contributed by atoms with van der Waals surface area (Å²) < 4.78 is 10.7. The van der Waals surface area contributed by atoms with Gasteiger partial charge < -0.3 is 25.1 Å². The van der Waals surface area contributed by atoms with E-state index >= 15 is 0 Å². The van der Waals surface area contributed by atoms with Crippen molar-refractivity contribution >= 4 is 39.1 Å². The minimum Gasteiger partial charge on any atom is -0.493 e. The topological polar surface area (TPSA) is 92.5 Å². The van der Waals surface area contributed by atoms with Crippen molar-refractivity contribution in [3.63, 3.8) is 0 Å². The van der Waals surface area contributed by atoms with E-state index < -0.39 is 0 Å². The molecule has 0 aliphatic rings. The van der Waals surface area contributed by atoms with Crippen LogP contribution in [0.15, 0.2) is 114 Å². The number of methoxy groups -OCH3 is 2. The number of nitrogens with one attached hydrogen (secondary N) is 3. The normalized spacial score (nSPS) is 10.9. The number of carbonyl (C=O) groups is 1. The van der Waals surface area contributed by atoms with Crippen LogP contribution in [0.4, 0.5) is 11.4 Å². The number of hydrogen-bond donors (Lipinski definition) is 3. The van der Waals surface area contributed by atoms with E-state index in [0.29, 0.717) is 33.1 Å². The standard InChI is InChI=1S/C36H31N3O4/c1-42-32-18-13-23(21-33(32)43-2)19-20-37-27-8-5-7-25(22-27)24-14-16-26(17-15-24)38-36(41)30-11-6-10-29-34(30)39-31-12-4-3-9-28(31)35(29)40/h3-18,21-22,37H,19-20H2,1-2H3,(H,38,41)(H,39,40). The minimum absolute atomic E-state index is 0.0963. The van der Waals surface area contributed by atoms with Crippen molar-refractivity contribution in [3.05, 3.63) is 131 Å². The highest BCUT2D eigenvalue weighted by Gasteiger charge is 2.14. The summed E-state index contributed by atoms with van der Waals surface area (Å²) >= 11 is 0. The fraction of sp³-hybridized carbons (Fsp3) is 0.111. The van der Waals surface area contributed by atoms with E-state index in [1.807, 2.05) is 72.8 Å². The first kappa shape index (κ1) is 27.6. The SMILES string of the molecule is COc1ccc(CCNc2cccc(-c3ccc(NC(=O)c4cccc5c(=O)c6ccccc6[nH]c45)cc3)c2)cc1OC. The molecule has 0 saturated heterocycles. The van der Waals surface area contributed by atoms with Crippen LogP contribution in [0.25, 0.3) is 32.9 Å². The van der Waals surface area contributed by atoms with Gasteiger partial charge in [0.2, 0.25) is 0 Å². The number of hydrogen-bond acceptors (Lipinski definition) is 5. The second kappa shape index (κ2) is 12.1. The molecule has 0 saturated carbocycles. The van der Waals surface area contributed by atoms with Crippen LogP contribution in [0, 0.1) is 0 Å². The van der Waals surface area contributed by atoms with Crippen LogP contribution < -0.4 is 25.5 Å². The molecule has 1 aromatic heterocycles. The van der Waals surface area contributed by atoms with Gasteiger partial charge in [-0.05, 0) is 83.8 Å². The molecule has 7 nitrogen and oxygen atoms in total. The molecule has 0 radical (unpaired) electrons. The summed E-state index contributed by atoms with van der Waals surface area (Å²) in [6, 6.07) is 34.5. The summed E-state index contributed by atoms with van der Waals surface area (Å²) in [5.41, 5.74) is 6.47. The number of para-hydroxylation sites is 2. The molecule has 0 bridgehead atoms. The predicted octanol–water partition coefficient (Wildman–Crippen LogP) is 7.27. The zero-order valence-electron chi connectivity index (χ0n) is 23.9. The monoisotopic (exact) mass is 569 g/mol. The molecule has 5 aromatic carbocycles. The summed E-state index contributed by atoms with van der Waals surface area (Å²) in [6.07, 6.45) is 0.833. The molecule has 6 rings (SSSR count). The molecule has 0 unspecified atom stereocenters. The molecular formula is C36H31N3O4. The third-order valence-electron chi connectivity index (χ3n) is 7.51. The smallest absolute Gasteiger partial charge is 0.257 e. The van der Waals surface area contributed by atoms with E-state index in [2.05, 4.69) is 27.8 Å². The van der Waals surface area contributed by atoms with Gasteiger partial charge in [-0.3, -0.25) is 9.59 Å². The zero-order chi connectivity index (χ0) is 29.8. The number of anilines is 2. The van der Waals surface area contributed by atoms with Crippen molar-refractivity contribution in [2.75, 3.05) is 31.4 Å². The number of benzene rings is 5. The average Bonchev–Trinajstić information content (AvgIpc) is 3.05. The Bertz CT molecular complexity index is 2000. The van der Waals surface area contributed by atoms with Crippen LogP contribution in [0.2, 0.25) is 0 Å². The summed E-state index contributed by atoms with van der Waals surface area (Å²) in [4.78, 5) is 29.6. The van der Waals surface area contributed by atoms with Gasteiger partial charge in [0.1, 0.15) is 0 Å². The Hall–Kier alpha value is -5.56. The van der Waals surface area contributed by atoms with E-state index in [1.165, 1.54) is 0 Å². The first-order valence-corrected chi connectivity index (χ1v) is 14.0. The number of amides is 1. The highest BCUT2D eigenvalue weighted by Crippen LogP contribution is 2.28. The maximum Gasteiger partial charge on any atom is 0.257 e. The lowest BCUT2D eigenvalue weighted by Crippen LogP contribution is -2.14. The number of rotatable bonds is 9. The van der Waals surface area contributed by atoms with E-state index in [4.69, 9.17) is 9.47 Å². The van der Waals surface area contributed by atoms with Crippen molar-refractivity contribution < 1.29 is 14.3 Å². The van der Waals surface area contributed by atoms with Crippen LogP contribution in [0.1, 0.15) is 15.9 Å². The highest BCUT2D eigenvalue weighted by atomic mass is 16.5. The van der Waals surface area contributed by atoms with E-state index in [-0.39, 0.29) is 11.3 Å². The molecule has 7 heteroatoms. The number of fused-ring (bicyclic) bond motifs is 2. The number of pyridine rings is 1. The van der Waals surface area contributed by atoms with Gasteiger partial charge in [-0.1, -0.05) is 48.5 Å². The van der Waals surface area contributed by atoms with Gasteiger partial charge >= 0.3 is 0 Å². The lowest BCUT2D eigenvalue weighted by molar-refractivity contribution is 0.102. The third kappa shape index (κ3) is 5.78. The molecule has 1 amide bonds. The molecule has 1 heterocycles. The maximum absolute atomic E-state index is 13.3. The summed E-state index contributed by atoms with van der Waals surface area (Å²) in [7, 11) is 3.27. The van der Waals surface area contributed by atoms with Crippen molar-refractivity contribution in [1.29, 1.82) is 0 Å². The second-order valence-electron chi connectivity index (χ2n) is 10.2. The van der Waals surface area contributed by atoms with Crippen molar-refractivity contribution in [2.45, 2.75) is 6.42 Å². The largest absolute Gasteiger partial charge is 0.493 e. The van der Waals surface area contributed by atoms with Crippen LogP contribution in [0.5, 0.6) is 11.5 Å². The maximum atomic E-state index is 13.3. The van der Waals surface area contributed by atoms with Crippen LogP contribution in [0.3, 0.4) is 0 Å². The first-order valence-electron chi connectivity index (χ1n) is 14.0. The van der Waals surface area contributed by atoms with Crippen molar-refractivity contribution in [1.82, 2.24) is 4.98 Å². The van der Waals surface area contributed by atoms with E-state index in [9.17, 15) is 9.59 Å². The molecule has 0 spiro atoms. The van der Waals surface area contributed by atoms with Crippen molar-refractivity contribution in [2.24, 2.45) is 0 Å². The third-order valence-corrected chi connectivity index (χ3v) is 7.51. The average molecular weight is 570 g/mol. The number of aromatic nitrogens is 1. The Kier molecular flexibility index (Phi) is 7.78. The fourth-order valence-corrected chi connectivity index (χ4v) is 5.28. The number of H-pyrrole nitrogens is 1. The van der Waals surface area contributed by atoms with Gasteiger partial charge in [-0.15, -0.1) is 0 Å². The van der Waals surface area contributed by atoms with Crippen LogP contribution in [-0.2, 0) is 6.42 Å². The van der Waals surface area contributed by atoms with Crippen LogP contribution in [-0.4, -0.2) is 31.7 Å². The summed E-state index contributed by atoms with van der Waals surface area (Å²) in [5.74, 6) is 1.16. The van der Waals surface area contributed by atoms with Crippen LogP contribution >= 0.6 is 0 Å². The Balaban J connectivity index is 1.14. The predicted molar refractivity (Wildman–Crippen MR) is 174 cm³/mol. The lowest BCUT2D eigenvalue weighted by Gasteiger charge is -2.12. The molecule has 0 aliphatic carbocycles. The van der Waals surface area contributed by atoms with Gasteiger partial charge in [0.05, 0.1) is 25.3 Å². The quantitative estimate of drug-likeness (QED) is 0.159. The van der Waals surface area contributed by atoms with Gasteiger partial charge in [0.15, 0.2) is 16.9 Å².